The summed E-state index contributed by atoms with van der Waals surface area (Å²) < 4.78 is 16.6. The van der Waals surface area contributed by atoms with E-state index in [1.807, 2.05) is 24.3 Å². The fraction of sp³-hybridized carbons (Fsp3) is 0.211. The minimum atomic E-state index is -0.0500. The van der Waals surface area contributed by atoms with Crippen LogP contribution in [0.25, 0.3) is 22.1 Å². The lowest BCUT2D eigenvalue weighted by atomic mass is 10.0. The van der Waals surface area contributed by atoms with Gasteiger partial charge in [0.2, 0.25) is 5.43 Å². The van der Waals surface area contributed by atoms with Gasteiger partial charge >= 0.3 is 0 Å². The molecule has 0 N–H and O–H groups in total. The second-order valence-electron chi connectivity index (χ2n) is 5.29. The molecule has 24 heavy (non-hydrogen) atoms. The molecule has 0 unspecified atom stereocenters. The maximum Gasteiger partial charge on any atom is 0.200 e. The van der Waals surface area contributed by atoms with Gasteiger partial charge in [-0.3, -0.25) is 4.79 Å². The number of halogens is 1. The van der Waals surface area contributed by atoms with Gasteiger partial charge in [0.05, 0.1) is 24.7 Å². The molecule has 1 heterocycles. The Balaban J connectivity index is 2.10. The highest BCUT2D eigenvalue weighted by atomic mass is 79.9. The molecule has 0 bridgehead atoms. The molecule has 3 rings (SSSR count). The van der Waals surface area contributed by atoms with E-state index in [2.05, 4.69) is 15.9 Å². The molecule has 2 aromatic carbocycles. The molecular formula is C19H17BrO4. The zero-order valence-electron chi connectivity index (χ0n) is 13.5. The van der Waals surface area contributed by atoms with Crippen LogP contribution < -0.4 is 14.9 Å². The molecule has 0 amide bonds. The molecule has 0 saturated carbocycles. The quantitative estimate of drug-likeness (QED) is 0.601. The van der Waals surface area contributed by atoms with Crippen molar-refractivity contribution in [3.63, 3.8) is 0 Å². The van der Waals surface area contributed by atoms with E-state index in [1.54, 1.807) is 32.2 Å². The third kappa shape index (κ3) is 3.17. The van der Waals surface area contributed by atoms with Crippen LogP contribution in [0.3, 0.4) is 0 Å². The van der Waals surface area contributed by atoms with Crippen LogP contribution >= 0.6 is 15.9 Å². The number of rotatable bonds is 5. The molecule has 4 nitrogen and oxygen atoms in total. The molecule has 1 aromatic heterocycles. The highest BCUT2D eigenvalue weighted by Crippen LogP contribution is 2.27. The van der Waals surface area contributed by atoms with Gasteiger partial charge in [-0.2, -0.15) is 0 Å². The predicted octanol–water partition coefficient (Wildman–Crippen LogP) is 4.55. The minimum absolute atomic E-state index is 0.0500. The maximum absolute atomic E-state index is 12.9. The summed E-state index contributed by atoms with van der Waals surface area (Å²) in [6.45, 7) is 2.35. The van der Waals surface area contributed by atoms with Crippen LogP contribution in [0.4, 0.5) is 0 Å². The molecule has 5 heteroatoms. The van der Waals surface area contributed by atoms with Crippen molar-refractivity contribution in [1.82, 2.24) is 0 Å². The van der Waals surface area contributed by atoms with Crippen LogP contribution in [0.15, 0.2) is 51.7 Å². The number of methoxy groups -OCH3 is 1. The lowest BCUT2D eigenvalue weighted by molar-refractivity contribution is 0.345. The highest BCUT2D eigenvalue weighted by Gasteiger charge is 2.14. The first kappa shape index (κ1) is 16.6. The summed E-state index contributed by atoms with van der Waals surface area (Å²) in [5, 5.41) is 1.28. The summed E-state index contributed by atoms with van der Waals surface area (Å²) in [7, 11) is 1.61. The summed E-state index contributed by atoms with van der Waals surface area (Å²) in [5.41, 5.74) is 1.86. The Kier molecular flexibility index (Phi) is 4.90. The number of aryl methyl sites for hydroxylation is 1. The summed E-state index contributed by atoms with van der Waals surface area (Å²) in [6.07, 6.45) is 0. The number of benzene rings is 2. The van der Waals surface area contributed by atoms with E-state index >= 15 is 0 Å². The second kappa shape index (κ2) is 7.09. The smallest absolute Gasteiger partial charge is 0.200 e. The summed E-state index contributed by atoms with van der Waals surface area (Å²) in [6, 6.07) is 12.7. The largest absolute Gasteiger partial charge is 0.497 e. The molecule has 124 valence electrons. The monoisotopic (exact) mass is 388 g/mol. The number of ether oxygens (including phenoxy) is 2. The van der Waals surface area contributed by atoms with Crippen LogP contribution in [0.5, 0.6) is 11.5 Å². The van der Waals surface area contributed by atoms with Gasteiger partial charge in [0.15, 0.2) is 0 Å². The van der Waals surface area contributed by atoms with Gasteiger partial charge in [0, 0.05) is 11.4 Å². The zero-order chi connectivity index (χ0) is 17.1. The Bertz CT molecular complexity index is 913. The molecule has 0 spiro atoms. The molecule has 3 aromatic rings. The Hall–Kier alpha value is -2.27. The molecular weight excluding hydrogens is 372 g/mol. The van der Waals surface area contributed by atoms with Gasteiger partial charge in [-0.25, -0.2) is 0 Å². The zero-order valence-corrected chi connectivity index (χ0v) is 15.1. The van der Waals surface area contributed by atoms with Crippen molar-refractivity contribution in [3.8, 4) is 22.6 Å². The molecule has 0 saturated heterocycles. The van der Waals surface area contributed by atoms with Gasteiger partial charge in [-0.1, -0.05) is 28.1 Å². The lowest BCUT2D eigenvalue weighted by Gasteiger charge is -2.09. The summed E-state index contributed by atoms with van der Waals surface area (Å²) >= 11 is 3.32. The van der Waals surface area contributed by atoms with E-state index in [0.717, 1.165) is 16.6 Å². The van der Waals surface area contributed by atoms with Gasteiger partial charge in [0.1, 0.15) is 22.8 Å². The van der Waals surface area contributed by atoms with Crippen molar-refractivity contribution >= 4 is 26.9 Å². The third-order valence-corrected chi connectivity index (χ3v) is 4.09. The van der Waals surface area contributed by atoms with E-state index in [9.17, 15) is 4.79 Å². The highest BCUT2D eigenvalue weighted by molar-refractivity contribution is 9.09. The van der Waals surface area contributed by atoms with Crippen LogP contribution in [-0.4, -0.2) is 19.0 Å². The van der Waals surface area contributed by atoms with Crippen LogP contribution in [0.1, 0.15) is 5.76 Å². The topological polar surface area (TPSA) is 48.7 Å². The molecule has 0 fully saturated rings. The Morgan fingerprint density at radius 3 is 2.46 bits per heavy atom. The van der Waals surface area contributed by atoms with Crippen LogP contribution in [0.2, 0.25) is 0 Å². The SMILES string of the molecule is COc1ccc(-c2c(C)oc3cc(OCCBr)ccc3c2=O)cc1. The van der Waals surface area contributed by atoms with Crippen molar-refractivity contribution in [3.05, 3.63) is 58.4 Å². The Labute approximate surface area is 148 Å². The first-order valence-corrected chi connectivity index (χ1v) is 8.67. The molecule has 0 radical (unpaired) electrons. The number of hydrogen-bond acceptors (Lipinski definition) is 4. The maximum atomic E-state index is 12.9. The molecule has 0 atom stereocenters. The molecule has 0 aliphatic carbocycles. The van der Waals surface area contributed by atoms with E-state index < -0.39 is 0 Å². The molecule has 0 aliphatic heterocycles. The van der Waals surface area contributed by atoms with Crippen molar-refractivity contribution in [2.45, 2.75) is 6.92 Å². The summed E-state index contributed by atoms with van der Waals surface area (Å²) in [4.78, 5) is 12.9. The van der Waals surface area contributed by atoms with Crippen LogP contribution in [-0.2, 0) is 0 Å². The number of hydrogen-bond donors (Lipinski definition) is 0. The van der Waals surface area contributed by atoms with E-state index in [0.29, 0.717) is 34.6 Å². The van der Waals surface area contributed by atoms with E-state index in [1.165, 1.54) is 0 Å². The van der Waals surface area contributed by atoms with E-state index in [4.69, 9.17) is 13.9 Å². The lowest BCUT2D eigenvalue weighted by Crippen LogP contribution is -2.08. The van der Waals surface area contributed by atoms with Gasteiger partial charge in [0.25, 0.3) is 0 Å². The van der Waals surface area contributed by atoms with Crippen LogP contribution in [0, 0.1) is 6.92 Å². The van der Waals surface area contributed by atoms with E-state index in [-0.39, 0.29) is 5.43 Å². The molecule has 0 aliphatic rings. The standard InChI is InChI=1S/C19H17BrO4/c1-12-18(13-3-5-14(22-2)6-4-13)19(21)16-8-7-15(23-10-9-20)11-17(16)24-12/h3-8,11H,9-10H2,1-2H3. The Morgan fingerprint density at radius 1 is 1.08 bits per heavy atom. The Morgan fingerprint density at radius 2 is 1.79 bits per heavy atom. The van der Waals surface area contributed by atoms with Gasteiger partial charge in [-0.05, 0) is 36.8 Å². The fourth-order valence-electron chi connectivity index (χ4n) is 2.62. The average molecular weight is 389 g/mol. The third-order valence-electron chi connectivity index (χ3n) is 3.76. The number of alkyl halides is 1. The van der Waals surface area contributed by atoms with Crippen molar-refractivity contribution in [1.29, 1.82) is 0 Å². The predicted molar refractivity (Wildman–Crippen MR) is 98.5 cm³/mol. The second-order valence-corrected chi connectivity index (χ2v) is 6.08. The normalized spacial score (nSPS) is 10.8. The van der Waals surface area contributed by atoms with Crippen molar-refractivity contribution in [2.24, 2.45) is 0 Å². The summed E-state index contributed by atoms with van der Waals surface area (Å²) in [5.74, 6) is 2.01. The van der Waals surface area contributed by atoms with Crippen molar-refractivity contribution in [2.75, 3.05) is 19.0 Å². The fourth-order valence-corrected chi connectivity index (χ4v) is 2.79. The first-order valence-electron chi connectivity index (χ1n) is 7.54. The first-order chi connectivity index (χ1) is 11.6. The average Bonchev–Trinajstić information content (AvgIpc) is 2.60. The minimum Gasteiger partial charge on any atom is -0.497 e. The van der Waals surface area contributed by atoms with Crippen molar-refractivity contribution < 1.29 is 13.9 Å². The number of fused-ring (bicyclic) bond motifs is 1. The van der Waals surface area contributed by atoms with Gasteiger partial charge in [-0.15, -0.1) is 0 Å². The van der Waals surface area contributed by atoms with Gasteiger partial charge < -0.3 is 13.9 Å².